The highest BCUT2D eigenvalue weighted by molar-refractivity contribution is 7.13. The fourth-order valence-electron chi connectivity index (χ4n) is 4.55. The van der Waals surface area contributed by atoms with Crippen LogP contribution in [0.5, 0.6) is 0 Å². The summed E-state index contributed by atoms with van der Waals surface area (Å²) in [6.45, 7) is 8.94. The second-order valence-electron chi connectivity index (χ2n) is 9.40. The molecule has 7 heteroatoms. The molecule has 4 rings (SSSR count). The van der Waals surface area contributed by atoms with E-state index in [-0.39, 0.29) is 23.3 Å². The van der Waals surface area contributed by atoms with Gasteiger partial charge in [0.2, 0.25) is 17.6 Å². The Bertz CT molecular complexity index is 992. The maximum absolute atomic E-state index is 12.9. The average Bonchev–Trinajstić information content (AvgIpc) is 3.46. The topological polar surface area (TPSA) is 71.3 Å². The smallest absolute Gasteiger partial charge is 0.241 e. The number of amides is 1. The predicted molar refractivity (Wildman–Crippen MR) is 127 cm³/mol. The Hall–Kier alpha value is -2.51. The summed E-state index contributed by atoms with van der Waals surface area (Å²) in [6, 6.07) is 14.6. The van der Waals surface area contributed by atoms with Gasteiger partial charge in [-0.3, -0.25) is 9.69 Å². The van der Waals surface area contributed by atoms with E-state index in [1.54, 1.807) is 11.3 Å². The van der Waals surface area contributed by atoms with E-state index in [0.717, 1.165) is 37.2 Å². The van der Waals surface area contributed by atoms with Gasteiger partial charge in [0.25, 0.3) is 0 Å². The van der Waals surface area contributed by atoms with Crippen molar-refractivity contribution in [1.29, 1.82) is 0 Å². The molecule has 1 fully saturated rings. The van der Waals surface area contributed by atoms with E-state index < -0.39 is 0 Å². The molecule has 2 aromatic heterocycles. The van der Waals surface area contributed by atoms with Gasteiger partial charge in [-0.1, -0.05) is 55.4 Å². The van der Waals surface area contributed by atoms with Crippen molar-refractivity contribution in [3.05, 3.63) is 59.3 Å². The largest absolute Gasteiger partial charge is 0.353 e. The second-order valence-corrected chi connectivity index (χ2v) is 10.4. The summed E-state index contributed by atoms with van der Waals surface area (Å²) in [5, 5.41) is 9.35. The molecule has 3 heterocycles. The predicted octanol–water partition coefficient (Wildman–Crippen LogP) is 4.88. The zero-order chi connectivity index (χ0) is 22.6. The van der Waals surface area contributed by atoms with Crippen molar-refractivity contribution >= 4 is 17.2 Å². The van der Waals surface area contributed by atoms with Crippen molar-refractivity contribution < 1.29 is 9.32 Å². The molecule has 1 atom stereocenters. The number of hydrogen-bond acceptors (Lipinski definition) is 6. The first-order valence-corrected chi connectivity index (χ1v) is 12.2. The molecule has 3 aromatic rings. The van der Waals surface area contributed by atoms with Crippen LogP contribution in [0.1, 0.15) is 51.5 Å². The van der Waals surface area contributed by atoms with E-state index in [1.807, 2.05) is 23.6 Å². The molecule has 1 unspecified atom stereocenters. The van der Waals surface area contributed by atoms with Gasteiger partial charge in [0.05, 0.1) is 11.4 Å². The summed E-state index contributed by atoms with van der Waals surface area (Å²) in [6.07, 6.45) is 2.62. The number of nitrogens with zero attached hydrogens (tertiary/aromatic N) is 3. The van der Waals surface area contributed by atoms with Gasteiger partial charge < -0.3 is 9.84 Å². The lowest BCUT2D eigenvalue weighted by Gasteiger charge is -2.32. The molecule has 6 nitrogen and oxygen atoms in total. The molecule has 1 aliphatic heterocycles. The second kappa shape index (κ2) is 9.96. The minimum absolute atomic E-state index is 0.0172. The van der Waals surface area contributed by atoms with E-state index in [0.29, 0.717) is 18.3 Å². The summed E-state index contributed by atoms with van der Waals surface area (Å²) in [7, 11) is 0. The van der Waals surface area contributed by atoms with E-state index in [9.17, 15) is 4.79 Å². The van der Waals surface area contributed by atoms with Gasteiger partial charge in [0.1, 0.15) is 0 Å². The fraction of sp³-hybridized carbons (Fsp3) is 0.480. The number of hydrogen-bond donors (Lipinski definition) is 1. The lowest BCUT2D eigenvalue weighted by Crippen LogP contribution is -2.44. The number of likely N-dealkylation sites (tertiary alicyclic amines) is 1. The molecule has 1 N–H and O–H groups in total. The van der Waals surface area contributed by atoms with Crippen molar-refractivity contribution in [1.82, 2.24) is 20.4 Å². The quantitative estimate of drug-likeness (QED) is 0.527. The van der Waals surface area contributed by atoms with Gasteiger partial charge in [-0.25, -0.2) is 0 Å². The van der Waals surface area contributed by atoms with Crippen molar-refractivity contribution in [2.75, 3.05) is 13.1 Å². The molecular weight excluding hydrogens is 420 g/mol. The number of piperidine rings is 1. The Labute approximate surface area is 194 Å². The van der Waals surface area contributed by atoms with Crippen LogP contribution in [-0.4, -0.2) is 40.1 Å². The molecule has 1 aromatic carbocycles. The standard InChI is InChI=1S/C25H32N4O2S/c1-18(16-25(2,3)20-8-5-4-6-9-20)26-24(30)19-11-13-29(14-12-19)17-22-27-23(28-31-22)21-10-7-15-32-21/h4-10,15,18-19H,11-14,16-17H2,1-3H3,(H,26,30). The van der Waals surface area contributed by atoms with Crippen LogP contribution in [0.4, 0.5) is 0 Å². The molecule has 1 aliphatic rings. The normalized spacial score (nSPS) is 16.7. The Morgan fingerprint density at radius 3 is 2.66 bits per heavy atom. The van der Waals surface area contributed by atoms with Crippen LogP contribution in [0.2, 0.25) is 0 Å². The number of nitrogens with one attached hydrogen (secondary N) is 1. The van der Waals surface area contributed by atoms with Gasteiger partial charge in [0, 0.05) is 12.0 Å². The van der Waals surface area contributed by atoms with Gasteiger partial charge in [0.15, 0.2) is 0 Å². The van der Waals surface area contributed by atoms with E-state index in [4.69, 9.17) is 4.52 Å². The number of benzene rings is 1. The lowest BCUT2D eigenvalue weighted by atomic mass is 9.79. The first-order chi connectivity index (χ1) is 15.4. The Morgan fingerprint density at radius 1 is 1.22 bits per heavy atom. The average molecular weight is 453 g/mol. The van der Waals surface area contributed by atoms with Crippen LogP contribution < -0.4 is 5.32 Å². The third kappa shape index (κ3) is 5.64. The highest BCUT2D eigenvalue weighted by Crippen LogP contribution is 2.28. The molecule has 0 spiro atoms. The van der Waals surface area contributed by atoms with Gasteiger partial charge in [-0.05, 0) is 61.7 Å². The number of carbonyl (C=O) groups excluding carboxylic acids is 1. The first-order valence-electron chi connectivity index (χ1n) is 11.4. The number of carbonyl (C=O) groups is 1. The van der Waals surface area contributed by atoms with Crippen LogP contribution in [0, 0.1) is 5.92 Å². The van der Waals surface area contributed by atoms with Crippen LogP contribution >= 0.6 is 11.3 Å². The minimum atomic E-state index is 0.0172. The first kappa shape index (κ1) is 22.7. The summed E-state index contributed by atoms with van der Waals surface area (Å²) >= 11 is 1.60. The third-order valence-corrected chi connectivity index (χ3v) is 7.15. The number of aromatic nitrogens is 2. The lowest BCUT2D eigenvalue weighted by molar-refractivity contribution is -0.127. The Kier molecular flexibility index (Phi) is 7.06. The summed E-state index contributed by atoms with van der Waals surface area (Å²) in [4.78, 5) is 20.7. The van der Waals surface area contributed by atoms with Crippen LogP contribution in [0.3, 0.4) is 0 Å². The van der Waals surface area contributed by atoms with Crippen molar-refractivity contribution in [3.63, 3.8) is 0 Å². The van der Waals surface area contributed by atoms with Gasteiger partial charge in [-0.2, -0.15) is 4.98 Å². The van der Waals surface area contributed by atoms with E-state index in [2.05, 4.69) is 65.4 Å². The Balaban J connectivity index is 1.23. The third-order valence-electron chi connectivity index (χ3n) is 6.29. The summed E-state index contributed by atoms with van der Waals surface area (Å²) in [5.74, 6) is 1.53. The summed E-state index contributed by atoms with van der Waals surface area (Å²) < 4.78 is 5.43. The zero-order valence-corrected chi connectivity index (χ0v) is 19.9. The van der Waals surface area contributed by atoms with Crippen molar-refractivity contribution in [2.45, 2.75) is 58.0 Å². The van der Waals surface area contributed by atoms with Crippen LogP contribution in [0.25, 0.3) is 10.7 Å². The van der Waals surface area contributed by atoms with Crippen molar-refractivity contribution in [2.24, 2.45) is 5.92 Å². The van der Waals surface area contributed by atoms with E-state index in [1.165, 1.54) is 5.56 Å². The molecule has 1 saturated heterocycles. The highest BCUT2D eigenvalue weighted by Gasteiger charge is 2.29. The Morgan fingerprint density at radius 2 is 1.97 bits per heavy atom. The zero-order valence-electron chi connectivity index (χ0n) is 19.1. The molecular formula is C25H32N4O2S. The SMILES string of the molecule is CC(CC(C)(C)c1ccccc1)NC(=O)C1CCN(Cc2nc(-c3cccs3)no2)CC1. The molecule has 0 bridgehead atoms. The van der Waals surface area contributed by atoms with Gasteiger partial charge in [-0.15, -0.1) is 11.3 Å². The molecule has 170 valence electrons. The number of rotatable bonds is 8. The van der Waals surface area contributed by atoms with Crippen molar-refractivity contribution in [3.8, 4) is 10.7 Å². The fourth-order valence-corrected chi connectivity index (χ4v) is 5.20. The molecule has 0 saturated carbocycles. The van der Waals surface area contributed by atoms with Gasteiger partial charge >= 0.3 is 0 Å². The maximum atomic E-state index is 12.9. The highest BCUT2D eigenvalue weighted by atomic mass is 32.1. The minimum Gasteiger partial charge on any atom is -0.353 e. The number of thiophene rings is 1. The monoisotopic (exact) mass is 452 g/mol. The molecule has 0 aliphatic carbocycles. The van der Waals surface area contributed by atoms with Crippen LogP contribution in [0.15, 0.2) is 52.4 Å². The van der Waals surface area contributed by atoms with E-state index >= 15 is 0 Å². The maximum Gasteiger partial charge on any atom is 0.241 e. The summed E-state index contributed by atoms with van der Waals surface area (Å²) in [5.41, 5.74) is 1.32. The molecule has 0 radical (unpaired) electrons. The molecule has 1 amide bonds. The molecule has 32 heavy (non-hydrogen) atoms. The van der Waals surface area contributed by atoms with Crippen LogP contribution in [-0.2, 0) is 16.8 Å².